The first-order valence-corrected chi connectivity index (χ1v) is 14.8. The number of nitrogens with zero attached hydrogens (tertiary/aromatic N) is 3. The highest BCUT2D eigenvalue weighted by atomic mass is 35.5. The van der Waals surface area contributed by atoms with Crippen molar-refractivity contribution in [3.63, 3.8) is 0 Å². The van der Waals surface area contributed by atoms with Crippen LogP contribution in [0.4, 0.5) is 16.2 Å². The molecule has 4 aromatic carbocycles. The number of aryl methyl sites for hydroxylation is 2. The van der Waals surface area contributed by atoms with Crippen molar-refractivity contribution in [2.24, 2.45) is 0 Å². The summed E-state index contributed by atoms with van der Waals surface area (Å²) in [7, 11) is 0. The van der Waals surface area contributed by atoms with E-state index in [1.807, 2.05) is 92.1 Å². The Balaban J connectivity index is 1.33. The summed E-state index contributed by atoms with van der Waals surface area (Å²) in [5.74, 6) is -0.627. The average Bonchev–Trinajstić information content (AvgIpc) is 3.32. The minimum Gasteiger partial charge on any atom is -0.489 e. The van der Waals surface area contributed by atoms with Crippen LogP contribution in [-0.2, 0) is 16.2 Å². The Kier molecular flexibility index (Phi) is 8.11. The highest BCUT2D eigenvalue weighted by Crippen LogP contribution is 2.31. The normalized spacial score (nSPS) is 14.4. The number of carbonyl (C=O) groups excluding carboxylic acids is 3. The Morgan fingerprint density at radius 3 is 1.89 bits per heavy atom. The number of ether oxygens (including phenoxy) is 1. The fourth-order valence-corrected chi connectivity index (χ4v) is 5.51. The molecule has 7 nitrogen and oxygen atoms in total. The Morgan fingerprint density at radius 2 is 1.27 bits per heavy atom. The second-order valence-corrected chi connectivity index (χ2v) is 11.3. The van der Waals surface area contributed by atoms with Gasteiger partial charge in [0.1, 0.15) is 17.9 Å². The molecule has 0 radical (unpaired) electrons. The van der Waals surface area contributed by atoms with Gasteiger partial charge in [0.15, 0.2) is 0 Å². The molecular formula is C37H30ClN3O4. The molecule has 0 N–H and O–H groups in total. The summed E-state index contributed by atoms with van der Waals surface area (Å²) < 4.78 is 7.99. The van der Waals surface area contributed by atoms with E-state index in [1.54, 1.807) is 48.5 Å². The molecule has 0 atom stereocenters. The Hall–Kier alpha value is -5.40. The van der Waals surface area contributed by atoms with Crippen molar-refractivity contribution in [2.45, 2.75) is 27.4 Å². The lowest BCUT2D eigenvalue weighted by atomic mass is 10.0. The molecule has 224 valence electrons. The maximum absolute atomic E-state index is 13.9. The van der Waals surface area contributed by atoms with Gasteiger partial charge in [-0.25, -0.2) is 14.6 Å². The van der Waals surface area contributed by atoms with Crippen molar-refractivity contribution >= 4 is 46.9 Å². The maximum atomic E-state index is 13.9. The predicted molar refractivity (Wildman–Crippen MR) is 177 cm³/mol. The van der Waals surface area contributed by atoms with Crippen molar-refractivity contribution in [3.05, 3.63) is 148 Å². The van der Waals surface area contributed by atoms with E-state index in [4.69, 9.17) is 16.3 Å². The Bertz CT molecular complexity index is 1930. The molecular weight excluding hydrogens is 586 g/mol. The van der Waals surface area contributed by atoms with Gasteiger partial charge in [-0.2, -0.15) is 0 Å². The lowest BCUT2D eigenvalue weighted by Gasteiger charge is -2.34. The number of rotatable bonds is 7. The lowest BCUT2D eigenvalue weighted by molar-refractivity contribution is -0.121. The largest absolute Gasteiger partial charge is 0.489 e. The van der Waals surface area contributed by atoms with Gasteiger partial charge >= 0.3 is 6.03 Å². The fourth-order valence-electron chi connectivity index (χ4n) is 5.38. The molecule has 8 heteroatoms. The Labute approximate surface area is 266 Å². The maximum Gasteiger partial charge on any atom is 0.343 e. The van der Waals surface area contributed by atoms with E-state index in [0.717, 1.165) is 43.8 Å². The van der Waals surface area contributed by atoms with Gasteiger partial charge < -0.3 is 9.30 Å². The number of halogens is 1. The average molecular weight is 616 g/mol. The number of hydrogen-bond acceptors (Lipinski definition) is 4. The summed E-state index contributed by atoms with van der Waals surface area (Å²) in [6, 6.07) is 32.1. The molecule has 1 aromatic heterocycles. The van der Waals surface area contributed by atoms with Crippen LogP contribution in [0.15, 0.2) is 115 Å². The van der Waals surface area contributed by atoms with E-state index in [-0.39, 0.29) is 5.57 Å². The quantitative estimate of drug-likeness (QED) is 0.137. The zero-order valence-corrected chi connectivity index (χ0v) is 25.8. The number of aromatic nitrogens is 1. The van der Waals surface area contributed by atoms with Crippen molar-refractivity contribution in [2.75, 3.05) is 9.80 Å². The standard InChI is InChI=1S/C37H30ClN3O4/c1-24-9-15-32(16-10-24)41-36(43)34(35(42)40(37(41)44)30-7-5-4-6-8-30)22-28-21-25(2)39(26(28)3)31-17-19-33(20-18-31)45-23-27-11-13-29(38)14-12-27/h4-22H,23H2,1-3H3/b34-22+. The van der Waals surface area contributed by atoms with Gasteiger partial charge in [-0.05, 0) is 105 Å². The van der Waals surface area contributed by atoms with Gasteiger partial charge in [-0.1, -0.05) is 59.6 Å². The van der Waals surface area contributed by atoms with Crippen LogP contribution in [0.5, 0.6) is 5.75 Å². The van der Waals surface area contributed by atoms with E-state index >= 15 is 0 Å². The molecule has 0 saturated carbocycles. The van der Waals surface area contributed by atoms with Crippen LogP contribution in [0, 0.1) is 20.8 Å². The van der Waals surface area contributed by atoms with Crippen LogP contribution in [0.2, 0.25) is 5.02 Å². The first-order chi connectivity index (χ1) is 21.7. The van der Waals surface area contributed by atoms with Crippen molar-refractivity contribution in [1.29, 1.82) is 0 Å². The highest BCUT2D eigenvalue weighted by Gasteiger charge is 2.43. The molecule has 1 aliphatic heterocycles. The summed E-state index contributed by atoms with van der Waals surface area (Å²) >= 11 is 5.98. The molecule has 4 amide bonds. The molecule has 1 saturated heterocycles. The van der Waals surface area contributed by atoms with Crippen LogP contribution in [0.3, 0.4) is 0 Å². The molecule has 0 aliphatic carbocycles. The van der Waals surface area contributed by atoms with E-state index in [1.165, 1.54) is 0 Å². The zero-order valence-electron chi connectivity index (χ0n) is 25.0. The van der Waals surface area contributed by atoms with Crippen LogP contribution in [0.1, 0.15) is 28.1 Å². The van der Waals surface area contributed by atoms with Crippen LogP contribution < -0.4 is 14.5 Å². The summed E-state index contributed by atoms with van der Waals surface area (Å²) in [6.45, 7) is 6.23. The van der Waals surface area contributed by atoms with Gasteiger partial charge in [0, 0.05) is 22.1 Å². The monoisotopic (exact) mass is 615 g/mol. The summed E-state index contributed by atoms with van der Waals surface area (Å²) in [6.07, 6.45) is 1.58. The van der Waals surface area contributed by atoms with Gasteiger partial charge in [0.2, 0.25) is 0 Å². The highest BCUT2D eigenvalue weighted by molar-refractivity contribution is 6.46. The third kappa shape index (κ3) is 5.90. The van der Waals surface area contributed by atoms with Crippen molar-refractivity contribution in [3.8, 4) is 11.4 Å². The van der Waals surface area contributed by atoms with E-state index in [0.29, 0.717) is 28.6 Å². The number of urea groups is 1. The summed E-state index contributed by atoms with van der Waals surface area (Å²) in [4.78, 5) is 43.5. The van der Waals surface area contributed by atoms with Gasteiger partial charge in [-0.3, -0.25) is 9.59 Å². The lowest BCUT2D eigenvalue weighted by Crippen LogP contribution is -2.57. The van der Waals surface area contributed by atoms with Gasteiger partial charge in [0.25, 0.3) is 11.8 Å². The zero-order chi connectivity index (χ0) is 31.7. The van der Waals surface area contributed by atoms with Gasteiger partial charge in [-0.15, -0.1) is 0 Å². The minimum atomic E-state index is -0.721. The van der Waals surface area contributed by atoms with E-state index in [9.17, 15) is 14.4 Å². The number of barbiturate groups is 1. The van der Waals surface area contributed by atoms with E-state index < -0.39 is 17.8 Å². The molecule has 6 rings (SSSR count). The third-order valence-electron chi connectivity index (χ3n) is 7.74. The number of amides is 4. The number of hydrogen-bond donors (Lipinski definition) is 0. The van der Waals surface area contributed by atoms with Crippen LogP contribution in [0.25, 0.3) is 11.8 Å². The summed E-state index contributed by atoms with van der Waals surface area (Å²) in [5.41, 5.74) is 6.00. The first-order valence-electron chi connectivity index (χ1n) is 14.4. The Morgan fingerprint density at radius 1 is 0.689 bits per heavy atom. The molecule has 1 aliphatic rings. The van der Waals surface area contributed by atoms with Crippen molar-refractivity contribution < 1.29 is 19.1 Å². The molecule has 0 spiro atoms. The first kappa shape index (κ1) is 29.7. The molecule has 2 heterocycles. The molecule has 0 unspecified atom stereocenters. The topological polar surface area (TPSA) is 71.8 Å². The predicted octanol–water partition coefficient (Wildman–Crippen LogP) is 8.22. The summed E-state index contributed by atoms with van der Waals surface area (Å²) in [5, 5.41) is 0.679. The van der Waals surface area contributed by atoms with Crippen LogP contribution >= 0.6 is 11.6 Å². The SMILES string of the molecule is Cc1ccc(N2C(=O)/C(=C/c3cc(C)n(-c4ccc(OCc5ccc(Cl)cc5)cc4)c3C)C(=O)N(c3ccccc3)C2=O)cc1. The molecule has 5 aromatic rings. The molecule has 0 bridgehead atoms. The van der Waals surface area contributed by atoms with Crippen molar-refractivity contribution in [1.82, 2.24) is 4.57 Å². The molecule has 1 fully saturated rings. The third-order valence-corrected chi connectivity index (χ3v) is 7.99. The minimum absolute atomic E-state index is 0.106. The van der Waals surface area contributed by atoms with Crippen LogP contribution in [-0.4, -0.2) is 22.4 Å². The van der Waals surface area contributed by atoms with Gasteiger partial charge in [0.05, 0.1) is 11.4 Å². The number of para-hydroxylation sites is 1. The smallest absolute Gasteiger partial charge is 0.343 e. The molecule has 45 heavy (non-hydrogen) atoms. The number of anilines is 2. The number of carbonyl (C=O) groups is 3. The number of imide groups is 2. The van der Waals surface area contributed by atoms with E-state index in [2.05, 4.69) is 0 Å². The number of benzene rings is 4. The second-order valence-electron chi connectivity index (χ2n) is 10.9. The second kappa shape index (κ2) is 12.3. The fraction of sp³-hybridized carbons (Fsp3) is 0.108.